The number of benzene rings is 1. The number of carbonyl (C=O) groups is 1. The quantitative estimate of drug-likeness (QED) is 0.765. The molecule has 1 aromatic heterocycles. The van der Waals surface area contributed by atoms with Crippen molar-refractivity contribution >= 4 is 6.09 Å². The molecule has 7 nitrogen and oxygen atoms in total. The molecule has 0 bridgehead atoms. The zero-order valence-corrected chi connectivity index (χ0v) is 19.6. The van der Waals surface area contributed by atoms with E-state index in [1.54, 1.807) is 0 Å². The Kier molecular flexibility index (Phi) is 5.19. The van der Waals surface area contributed by atoms with E-state index in [1.165, 1.54) is 11.3 Å². The first-order chi connectivity index (χ1) is 15.3. The van der Waals surface area contributed by atoms with Gasteiger partial charge in [-0.05, 0) is 65.3 Å². The minimum absolute atomic E-state index is 0.215. The fourth-order valence-corrected chi connectivity index (χ4v) is 5.37. The second-order valence-electron chi connectivity index (χ2n) is 10.4. The molecule has 1 unspecified atom stereocenters. The summed E-state index contributed by atoms with van der Waals surface area (Å²) in [4.78, 5) is 14.3. The first-order valence-electron chi connectivity index (χ1n) is 11.8. The molecule has 7 heteroatoms. The lowest BCUT2D eigenvalue weighted by atomic mass is 9.80. The van der Waals surface area contributed by atoms with E-state index in [4.69, 9.17) is 14.6 Å². The summed E-state index contributed by atoms with van der Waals surface area (Å²) in [5.41, 5.74) is 3.80. The number of fused-ring (bicyclic) bond motifs is 4. The molecule has 3 aliphatic rings. The Balaban J connectivity index is 1.41. The van der Waals surface area contributed by atoms with Crippen LogP contribution in [0.15, 0.2) is 24.3 Å². The number of hydrogen-bond acceptors (Lipinski definition) is 5. The van der Waals surface area contributed by atoms with Gasteiger partial charge in [0.1, 0.15) is 22.6 Å². The van der Waals surface area contributed by atoms with Gasteiger partial charge in [-0.3, -0.25) is 4.68 Å². The maximum absolute atomic E-state index is 12.5. The number of piperidine rings is 1. The van der Waals surface area contributed by atoms with Gasteiger partial charge in [-0.25, -0.2) is 4.79 Å². The van der Waals surface area contributed by atoms with Gasteiger partial charge in [-0.2, -0.15) is 5.10 Å². The lowest BCUT2D eigenvalue weighted by Crippen LogP contribution is -2.45. The van der Waals surface area contributed by atoms with Gasteiger partial charge in [0, 0.05) is 49.3 Å². The smallest absolute Gasteiger partial charge is 0.410 e. The summed E-state index contributed by atoms with van der Waals surface area (Å²) in [6, 6.07) is 8.26. The van der Waals surface area contributed by atoms with E-state index >= 15 is 0 Å². The molecule has 2 fully saturated rings. The van der Waals surface area contributed by atoms with Crippen molar-refractivity contribution in [3.63, 3.8) is 0 Å². The predicted molar refractivity (Wildman–Crippen MR) is 123 cm³/mol. The van der Waals surface area contributed by atoms with Crippen molar-refractivity contribution in [3.05, 3.63) is 35.5 Å². The van der Waals surface area contributed by atoms with Gasteiger partial charge >= 0.3 is 6.09 Å². The van der Waals surface area contributed by atoms with Crippen molar-refractivity contribution in [2.75, 3.05) is 26.2 Å². The van der Waals surface area contributed by atoms with Crippen LogP contribution in [0.1, 0.15) is 51.3 Å². The average molecular weight is 439 g/mol. The summed E-state index contributed by atoms with van der Waals surface area (Å²) in [5, 5.41) is 8.59. The van der Waals surface area contributed by atoms with Crippen LogP contribution in [0.3, 0.4) is 0 Å². The summed E-state index contributed by atoms with van der Waals surface area (Å²) >= 11 is 0. The molecule has 1 amide bonds. The molecule has 3 aliphatic heterocycles. The third-order valence-electron chi connectivity index (χ3n) is 6.89. The van der Waals surface area contributed by atoms with Gasteiger partial charge in [0.05, 0.1) is 0 Å². The molecule has 5 rings (SSSR count). The van der Waals surface area contributed by atoms with Crippen LogP contribution in [0.25, 0.3) is 11.3 Å². The molecular weight excluding hydrogens is 404 g/mol. The van der Waals surface area contributed by atoms with Crippen LogP contribution >= 0.6 is 0 Å². The molecule has 0 aliphatic carbocycles. The maximum atomic E-state index is 12.5. The Morgan fingerprint density at radius 1 is 1.28 bits per heavy atom. The van der Waals surface area contributed by atoms with Gasteiger partial charge in [-0.15, -0.1) is 0 Å². The molecule has 1 aromatic carbocycles. The number of likely N-dealkylation sites (tertiary alicyclic amines) is 1. The van der Waals surface area contributed by atoms with Gasteiger partial charge < -0.3 is 19.7 Å². The highest BCUT2D eigenvalue weighted by molar-refractivity contribution is 5.74. The van der Waals surface area contributed by atoms with E-state index in [-0.39, 0.29) is 11.7 Å². The zero-order valence-electron chi connectivity index (χ0n) is 19.6. The molecule has 4 heterocycles. The van der Waals surface area contributed by atoms with Crippen LogP contribution in [0.2, 0.25) is 0 Å². The van der Waals surface area contributed by atoms with Gasteiger partial charge in [0.25, 0.3) is 0 Å². The van der Waals surface area contributed by atoms with Crippen molar-refractivity contribution in [1.82, 2.24) is 20.0 Å². The van der Waals surface area contributed by atoms with Gasteiger partial charge in [0.15, 0.2) is 0 Å². The average Bonchev–Trinajstić information content (AvgIpc) is 3.34. The number of nitrogens with one attached hydrogen (secondary N) is 1. The SMILES string of the molecule is Cc1c2c(nn1CC1CCN(C(=O)OC(C)(C)C)C1)-c1ccccc1OC21CCNCC1. The maximum Gasteiger partial charge on any atom is 0.410 e. The molecule has 1 spiro atoms. The lowest BCUT2D eigenvalue weighted by molar-refractivity contribution is 0.0286. The van der Waals surface area contributed by atoms with Gasteiger partial charge in [-0.1, -0.05) is 12.1 Å². The Bertz CT molecular complexity index is 1020. The van der Waals surface area contributed by atoms with Crippen LogP contribution in [-0.4, -0.2) is 52.6 Å². The Morgan fingerprint density at radius 3 is 2.78 bits per heavy atom. The van der Waals surface area contributed by atoms with Crippen molar-refractivity contribution in [2.24, 2.45) is 5.92 Å². The van der Waals surface area contributed by atoms with Crippen molar-refractivity contribution in [3.8, 4) is 17.0 Å². The topological polar surface area (TPSA) is 68.6 Å². The molecule has 1 atom stereocenters. The number of rotatable bonds is 2. The summed E-state index contributed by atoms with van der Waals surface area (Å²) < 4.78 is 14.4. The fraction of sp³-hybridized carbons (Fsp3) is 0.600. The highest BCUT2D eigenvalue weighted by Gasteiger charge is 2.45. The van der Waals surface area contributed by atoms with Crippen LogP contribution in [0.4, 0.5) is 4.79 Å². The lowest BCUT2D eigenvalue weighted by Gasteiger charge is -2.41. The zero-order chi connectivity index (χ0) is 22.5. The third kappa shape index (κ3) is 3.76. The first-order valence-corrected chi connectivity index (χ1v) is 11.8. The number of nitrogens with zero attached hydrogens (tertiary/aromatic N) is 3. The highest BCUT2D eigenvalue weighted by atomic mass is 16.6. The van der Waals surface area contributed by atoms with E-state index in [0.717, 1.165) is 62.4 Å². The molecule has 0 saturated carbocycles. The van der Waals surface area contributed by atoms with E-state index < -0.39 is 5.60 Å². The van der Waals surface area contributed by atoms with E-state index in [1.807, 2.05) is 31.7 Å². The highest BCUT2D eigenvalue weighted by Crippen LogP contribution is 2.49. The second-order valence-corrected chi connectivity index (χ2v) is 10.4. The molecule has 1 N–H and O–H groups in total. The molecule has 2 saturated heterocycles. The molecule has 2 aromatic rings. The molecule has 32 heavy (non-hydrogen) atoms. The van der Waals surface area contributed by atoms with E-state index in [9.17, 15) is 4.79 Å². The normalized spacial score (nSPS) is 21.8. The number of ether oxygens (including phenoxy) is 2. The first kappa shape index (κ1) is 21.3. The largest absolute Gasteiger partial charge is 0.482 e. The fourth-order valence-electron chi connectivity index (χ4n) is 5.37. The number of amides is 1. The van der Waals surface area contributed by atoms with Crippen LogP contribution < -0.4 is 10.1 Å². The number of para-hydroxylation sites is 1. The summed E-state index contributed by atoms with van der Waals surface area (Å²) in [7, 11) is 0. The summed E-state index contributed by atoms with van der Waals surface area (Å²) in [6.45, 7) is 12.0. The Morgan fingerprint density at radius 2 is 2.03 bits per heavy atom. The summed E-state index contributed by atoms with van der Waals surface area (Å²) in [5.74, 6) is 1.30. The standard InChI is InChI=1S/C25H34N4O3/c1-17-21-22(19-7-5-6-8-20(19)31-25(21)10-12-26-13-11-25)27-29(17)16-18-9-14-28(15-18)23(30)32-24(2,3)4/h5-8,18,26H,9-16H2,1-4H3. The molecular formula is C25H34N4O3. The number of hydrogen-bond donors (Lipinski definition) is 1. The van der Waals surface area contributed by atoms with Gasteiger partial charge in [0.2, 0.25) is 0 Å². The van der Waals surface area contributed by atoms with Crippen molar-refractivity contribution in [2.45, 2.75) is 64.7 Å². The second kappa shape index (κ2) is 7.80. The molecule has 0 radical (unpaired) electrons. The Hall–Kier alpha value is -2.54. The van der Waals surface area contributed by atoms with E-state index in [0.29, 0.717) is 12.5 Å². The predicted octanol–water partition coefficient (Wildman–Crippen LogP) is 4.09. The minimum atomic E-state index is -0.469. The van der Waals surface area contributed by atoms with Crippen molar-refractivity contribution < 1.29 is 14.3 Å². The minimum Gasteiger partial charge on any atom is -0.482 e. The van der Waals surface area contributed by atoms with Crippen LogP contribution in [-0.2, 0) is 16.9 Å². The third-order valence-corrected chi connectivity index (χ3v) is 6.89. The number of carbonyl (C=O) groups excluding carboxylic acids is 1. The monoisotopic (exact) mass is 438 g/mol. The molecule has 172 valence electrons. The Labute approximate surface area is 190 Å². The van der Waals surface area contributed by atoms with E-state index in [2.05, 4.69) is 35.1 Å². The van der Waals surface area contributed by atoms with Crippen LogP contribution in [0, 0.1) is 12.8 Å². The van der Waals surface area contributed by atoms with Crippen LogP contribution in [0.5, 0.6) is 5.75 Å². The number of aromatic nitrogens is 2. The van der Waals surface area contributed by atoms with Crippen molar-refractivity contribution in [1.29, 1.82) is 0 Å². The summed E-state index contributed by atoms with van der Waals surface area (Å²) in [6.07, 6.45) is 2.63.